The maximum atomic E-state index is 5.91. The van der Waals surface area contributed by atoms with Crippen LogP contribution in [0.4, 0.5) is 5.69 Å². The second-order valence-electron chi connectivity index (χ2n) is 4.97. The number of rotatable bonds is 5. The zero-order valence-corrected chi connectivity index (χ0v) is 12.0. The van der Waals surface area contributed by atoms with Crippen LogP contribution in [0.25, 0.3) is 5.57 Å². The number of nitrogens with two attached hydrogens (primary N) is 1. The van der Waals surface area contributed by atoms with Gasteiger partial charge in [-0.25, -0.2) is 0 Å². The highest BCUT2D eigenvalue weighted by molar-refractivity contribution is 5.70. The van der Waals surface area contributed by atoms with E-state index in [0.717, 1.165) is 30.9 Å². The van der Waals surface area contributed by atoms with E-state index in [-0.39, 0.29) is 0 Å². The number of ether oxygens (including phenoxy) is 1. The van der Waals surface area contributed by atoms with Crippen molar-refractivity contribution in [3.05, 3.63) is 29.8 Å². The van der Waals surface area contributed by atoms with Crippen LogP contribution in [-0.2, 0) is 0 Å². The predicted octanol–water partition coefficient (Wildman–Crippen LogP) is 3.17. The first-order valence-electron chi connectivity index (χ1n) is 7.18. The first-order valence-corrected chi connectivity index (χ1v) is 7.18. The van der Waals surface area contributed by atoms with Gasteiger partial charge in [0.2, 0.25) is 0 Å². The predicted molar refractivity (Wildman–Crippen MR) is 81.3 cm³/mol. The molecule has 0 saturated heterocycles. The lowest BCUT2D eigenvalue weighted by molar-refractivity contribution is 0.302. The van der Waals surface area contributed by atoms with Crippen molar-refractivity contribution in [1.29, 1.82) is 0 Å². The summed E-state index contributed by atoms with van der Waals surface area (Å²) >= 11 is 0. The summed E-state index contributed by atoms with van der Waals surface area (Å²) in [6.07, 6.45) is 4.66. The van der Waals surface area contributed by atoms with Gasteiger partial charge in [-0.3, -0.25) is 4.90 Å². The van der Waals surface area contributed by atoms with Crippen LogP contribution in [0.3, 0.4) is 0 Å². The van der Waals surface area contributed by atoms with Gasteiger partial charge in [0, 0.05) is 13.1 Å². The number of hydrogen-bond acceptors (Lipinski definition) is 3. The Kier molecular flexibility index (Phi) is 4.86. The molecule has 2 rings (SSSR count). The lowest BCUT2D eigenvalue weighted by Crippen LogP contribution is -2.29. The molecule has 0 bridgehead atoms. The van der Waals surface area contributed by atoms with E-state index >= 15 is 0 Å². The lowest BCUT2D eigenvalue weighted by Gasteiger charge is -2.26. The van der Waals surface area contributed by atoms with Gasteiger partial charge in [-0.15, -0.1) is 0 Å². The van der Waals surface area contributed by atoms with Crippen molar-refractivity contribution in [1.82, 2.24) is 4.90 Å². The zero-order chi connectivity index (χ0) is 13.7. The minimum absolute atomic E-state index is 0.650. The van der Waals surface area contributed by atoms with Crippen molar-refractivity contribution >= 4 is 11.3 Å². The Bertz CT molecular complexity index is 454. The number of anilines is 1. The Morgan fingerprint density at radius 2 is 2.16 bits per heavy atom. The van der Waals surface area contributed by atoms with E-state index in [0.29, 0.717) is 6.61 Å². The summed E-state index contributed by atoms with van der Waals surface area (Å²) < 4.78 is 5.57. The Morgan fingerprint density at radius 1 is 1.32 bits per heavy atom. The summed E-state index contributed by atoms with van der Waals surface area (Å²) in [5.74, 6) is 0.803. The highest BCUT2D eigenvalue weighted by Crippen LogP contribution is 2.29. The van der Waals surface area contributed by atoms with Crippen molar-refractivity contribution in [2.24, 2.45) is 0 Å². The molecule has 0 unspecified atom stereocenters. The van der Waals surface area contributed by atoms with Gasteiger partial charge in [0.25, 0.3) is 0 Å². The van der Waals surface area contributed by atoms with E-state index in [9.17, 15) is 0 Å². The van der Waals surface area contributed by atoms with Gasteiger partial charge in [-0.05, 0) is 49.6 Å². The molecular weight excluding hydrogens is 236 g/mol. The third-order valence-corrected chi connectivity index (χ3v) is 3.52. The Hall–Kier alpha value is -1.48. The summed E-state index contributed by atoms with van der Waals surface area (Å²) in [5.41, 5.74) is 9.29. The molecule has 0 saturated carbocycles. The van der Waals surface area contributed by atoms with Gasteiger partial charge in [0.05, 0.1) is 12.3 Å². The molecule has 19 heavy (non-hydrogen) atoms. The van der Waals surface area contributed by atoms with Crippen LogP contribution in [0.2, 0.25) is 0 Å². The van der Waals surface area contributed by atoms with Gasteiger partial charge in [0.1, 0.15) is 5.75 Å². The zero-order valence-electron chi connectivity index (χ0n) is 12.0. The third kappa shape index (κ3) is 3.51. The molecule has 104 valence electrons. The third-order valence-electron chi connectivity index (χ3n) is 3.52. The molecule has 3 nitrogen and oxygen atoms in total. The highest BCUT2D eigenvalue weighted by atomic mass is 16.5. The maximum Gasteiger partial charge on any atom is 0.142 e. The quantitative estimate of drug-likeness (QED) is 0.826. The number of benzene rings is 1. The maximum absolute atomic E-state index is 5.91. The van der Waals surface area contributed by atoms with Crippen LogP contribution in [0.5, 0.6) is 5.75 Å². The fourth-order valence-electron chi connectivity index (χ4n) is 2.51. The van der Waals surface area contributed by atoms with Crippen LogP contribution in [0, 0.1) is 0 Å². The van der Waals surface area contributed by atoms with Gasteiger partial charge >= 0.3 is 0 Å². The van der Waals surface area contributed by atoms with E-state index in [2.05, 4.69) is 30.0 Å². The summed E-state index contributed by atoms with van der Waals surface area (Å²) in [5, 5.41) is 0. The molecule has 0 radical (unpaired) electrons. The molecule has 1 aliphatic rings. The monoisotopic (exact) mass is 260 g/mol. The van der Waals surface area contributed by atoms with Gasteiger partial charge in [0.15, 0.2) is 0 Å². The van der Waals surface area contributed by atoms with Crippen LogP contribution >= 0.6 is 0 Å². The molecule has 0 fully saturated rings. The molecular formula is C16H24N2O. The molecule has 0 amide bonds. The van der Waals surface area contributed by atoms with E-state index in [1.807, 2.05) is 13.0 Å². The van der Waals surface area contributed by atoms with Crippen molar-refractivity contribution in [2.45, 2.75) is 26.7 Å². The molecule has 1 aliphatic heterocycles. The molecule has 0 aromatic heterocycles. The fraction of sp³-hybridized carbons (Fsp3) is 0.500. The summed E-state index contributed by atoms with van der Waals surface area (Å²) in [6.45, 7) is 8.25. The van der Waals surface area contributed by atoms with Gasteiger partial charge in [-0.1, -0.05) is 19.1 Å². The smallest absolute Gasteiger partial charge is 0.142 e. The van der Waals surface area contributed by atoms with Crippen LogP contribution in [-0.4, -0.2) is 31.1 Å². The minimum Gasteiger partial charge on any atom is -0.492 e. The number of nitrogens with zero attached hydrogens (tertiary/aromatic N) is 1. The second kappa shape index (κ2) is 6.62. The number of nitrogen functional groups attached to an aromatic ring is 1. The number of hydrogen-bond donors (Lipinski definition) is 1. The van der Waals surface area contributed by atoms with E-state index in [1.165, 1.54) is 24.1 Å². The van der Waals surface area contributed by atoms with Crippen molar-refractivity contribution in [3.63, 3.8) is 0 Å². The van der Waals surface area contributed by atoms with Crippen LogP contribution in [0.15, 0.2) is 24.3 Å². The fourth-order valence-corrected chi connectivity index (χ4v) is 2.51. The molecule has 2 N–H and O–H groups in total. The normalized spacial score (nSPS) is 16.2. The topological polar surface area (TPSA) is 38.5 Å². The average Bonchev–Trinajstić information content (AvgIpc) is 2.43. The SMILES string of the molecule is CCCN1CC=C(c2ccc(N)c(OCC)c2)CC1. The van der Waals surface area contributed by atoms with Gasteiger partial charge < -0.3 is 10.5 Å². The van der Waals surface area contributed by atoms with Crippen LogP contribution < -0.4 is 10.5 Å². The second-order valence-corrected chi connectivity index (χ2v) is 4.97. The minimum atomic E-state index is 0.650. The standard InChI is InChI=1S/C16H24N2O/c1-3-9-18-10-7-13(8-11-18)14-5-6-15(17)16(12-14)19-4-2/h5-7,12H,3-4,8-11,17H2,1-2H3. The van der Waals surface area contributed by atoms with Gasteiger partial charge in [-0.2, -0.15) is 0 Å². The summed E-state index contributed by atoms with van der Waals surface area (Å²) in [7, 11) is 0. The molecule has 1 aromatic rings. The first kappa shape index (κ1) is 13.9. The average molecular weight is 260 g/mol. The molecule has 0 aliphatic carbocycles. The van der Waals surface area contributed by atoms with Crippen molar-refractivity contribution < 1.29 is 4.74 Å². The summed E-state index contributed by atoms with van der Waals surface area (Å²) in [4.78, 5) is 2.49. The van der Waals surface area contributed by atoms with E-state index in [4.69, 9.17) is 10.5 Å². The van der Waals surface area contributed by atoms with Crippen molar-refractivity contribution in [2.75, 3.05) is 32.0 Å². The Morgan fingerprint density at radius 3 is 2.79 bits per heavy atom. The summed E-state index contributed by atoms with van der Waals surface area (Å²) in [6, 6.07) is 6.11. The van der Waals surface area contributed by atoms with E-state index < -0.39 is 0 Å². The first-order chi connectivity index (χ1) is 9.24. The molecule has 0 spiro atoms. The van der Waals surface area contributed by atoms with Crippen molar-refractivity contribution in [3.8, 4) is 5.75 Å². The largest absolute Gasteiger partial charge is 0.492 e. The molecule has 1 heterocycles. The highest BCUT2D eigenvalue weighted by Gasteiger charge is 2.13. The Labute approximate surface area is 116 Å². The Balaban J connectivity index is 2.12. The molecule has 3 heteroatoms. The molecule has 0 atom stereocenters. The lowest BCUT2D eigenvalue weighted by atomic mass is 9.99. The molecule has 1 aromatic carbocycles. The van der Waals surface area contributed by atoms with Crippen LogP contribution in [0.1, 0.15) is 32.3 Å². The van der Waals surface area contributed by atoms with E-state index in [1.54, 1.807) is 0 Å².